The number of benzene rings is 1. The molecule has 1 aliphatic rings. The maximum absolute atomic E-state index is 13.3. The molecule has 0 fully saturated rings. The van der Waals surface area contributed by atoms with Crippen LogP contribution in [0.2, 0.25) is 0 Å². The van der Waals surface area contributed by atoms with Crippen LogP contribution in [0.5, 0.6) is 11.5 Å². The summed E-state index contributed by atoms with van der Waals surface area (Å²) in [6.45, 7) is 0.564. The van der Waals surface area contributed by atoms with Gasteiger partial charge in [0, 0.05) is 12.6 Å². The van der Waals surface area contributed by atoms with Gasteiger partial charge in [-0.2, -0.15) is 0 Å². The van der Waals surface area contributed by atoms with Gasteiger partial charge in [-0.25, -0.2) is 8.42 Å². The number of furan rings is 2. The average Bonchev–Trinajstić information content (AvgIpc) is 3.41. The minimum atomic E-state index is -3.90. The minimum absolute atomic E-state index is 0.0467. The highest BCUT2D eigenvalue weighted by atomic mass is 32.2. The number of rotatable bonds is 6. The monoisotopic (exact) mass is 403 g/mol. The normalized spacial score (nSPS) is 14.4. The molecule has 0 saturated heterocycles. The lowest BCUT2D eigenvalue weighted by Gasteiger charge is -2.20. The minimum Gasteiger partial charge on any atom is -0.486 e. The van der Waals surface area contributed by atoms with Crippen molar-refractivity contribution in [3.8, 4) is 11.5 Å². The lowest BCUT2D eigenvalue weighted by atomic mass is 10.3. The van der Waals surface area contributed by atoms with E-state index in [0.29, 0.717) is 24.7 Å². The SMILES string of the molecule is O=C(NC[C@@H](c1ccco1)S(=O)(=O)c1ccc2c(c1)OCCO2)c1ccco1. The molecule has 0 saturated carbocycles. The van der Waals surface area contributed by atoms with E-state index < -0.39 is 21.0 Å². The quantitative estimate of drug-likeness (QED) is 0.674. The Balaban J connectivity index is 1.63. The molecular formula is C19H17NO7S. The lowest BCUT2D eigenvalue weighted by Crippen LogP contribution is -2.31. The molecule has 1 amide bonds. The smallest absolute Gasteiger partial charge is 0.287 e. The average molecular weight is 403 g/mol. The third-order valence-corrected chi connectivity index (χ3v) is 6.33. The second kappa shape index (κ2) is 7.43. The van der Waals surface area contributed by atoms with Crippen LogP contribution >= 0.6 is 0 Å². The van der Waals surface area contributed by atoms with Crippen LogP contribution in [0.4, 0.5) is 0 Å². The molecule has 1 aromatic carbocycles. The molecule has 28 heavy (non-hydrogen) atoms. The van der Waals surface area contributed by atoms with Gasteiger partial charge in [-0.05, 0) is 36.4 Å². The Hall–Kier alpha value is -3.20. The fourth-order valence-electron chi connectivity index (χ4n) is 2.88. The lowest BCUT2D eigenvalue weighted by molar-refractivity contribution is 0.0925. The second-order valence-corrected chi connectivity index (χ2v) is 8.17. The molecule has 146 valence electrons. The van der Waals surface area contributed by atoms with E-state index in [2.05, 4.69) is 5.32 Å². The third kappa shape index (κ3) is 3.48. The third-order valence-electron chi connectivity index (χ3n) is 4.27. The summed E-state index contributed by atoms with van der Waals surface area (Å²) in [6, 6.07) is 10.6. The molecule has 3 heterocycles. The summed E-state index contributed by atoms with van der Waals surface area (Å²) in [5, 5.41) is 1.46. The van der Waals surface area contributed by atoms with Crippen molar-refractivity contribution < 1.29 is 31.5 Å². The van der Waals surface area contributed by atoms with E-state index in [9.17, 15) is 13.2 Å². The van der Waals surface area contributed by atoms with Gasteiger partial charge in [-0.1, -0.05) is 0 Å². The number of hydrogen-bond donors (Lipinski definition) is 1. The fraction of sp³-hybridized carbons (Fsp3) is 0.211. The van der Waals surface area contributed by atoms with Crippen molar-refractivity contribution in [1.29, 1.82) is 0 Å². The Morgan fingerprint density at radius 3 is 2.46 bits per heavy atom. The zero-order valence-corrected chi connectivity index (χ0v) is 15.5. The van der Waals surface area contributed by atoms with E-state index in [1.165, 1.54) is 30.7 Å². The fourth-order valence-corrected chi connectivity index (χ4v) is 4.48. The van der Waals surface area contributed by atoms with Gasteiger partial charge in [0.25, 0.3) is 5.91 Å². The summed E-state index contributed by atoms with van der Waals surface area (Å²) in [4.78, 5) is 12.2. The summed E-state index contributed by atoms with van der Waals surface area (Å²) >= 11 is 0. The van der Waals surface area contributed by atoms with Crippen molar-refractivity contribution in [2.45, 2.75) is 10.1 Å². The van der Waals surface area contributed by atoms with Crippen LogP contribution in [-0.2, 0) is 9.84 Å². The summed E-state index contributed by atoms with van der Waals surface area (Å²) in [6.07, 6.45) is 2.75. The van der Waals surface area contributed by atoms with Gasteiger partial charge < -0.3 is 23.6 Å². The summed E-state index contributed by atoms with van der Waals surface area (Å²) in [5.74, 6) is 0.652. The van der Waals surface area contributed by atoms with Gasteiger partial charge in [-0.3, -0.25) is 4.79 Å². The van der Waals surface area contributed by atoms with Crippen LogP contribution in [0.3, 0.4) is 0 Å². The van der Waals surface area contributed by atoms with E-state index in [1.54, 1.807) is 24.3 Å². The number of nitrogens with one attached hydrogen (secondary N) is 1. The summed E-state index contributed by atoms with van der Waals surface area (Å²) in [5.41, 5.74) is 0. The number of hydrogen-bond acceptors (Lipinski definition) is 7. The zero-order chi connectivity index (χ0) is 19.6. The van der Waals surface area contributed by atoms with E-state index in [1.807, 2.05) is 0 Å². The van der Waals surface area contributed by atoms with E-state index in [-0.39, 0.29) is 23.0 Å². The zero-order valence-electron chi connectivity index (χ0n) is 14.7. The van der Waals surface area contributed by atoms with Gasteiger partial charge in [0.2, 0.25) is 0 Å². The summed E-state index contributed by atoms with van der Waals surface area (Å²) < 4.78 is 47.9. The topological polar surface area (TPSA) is 108 Å². The Kier molecular flexibility index (Phi) is 4.82. The van der Waals surface area contributed by atoms with Crippen molar-refractivity contribution >= 4 is 15.7 Å². The van der Waals surface area contributed by atoms with E-state index >= 15 is 0 Å². The molecule has 0 radical (unpaired) electrons. The van der Waals surface area contributed by atoms with Crippen LogP contribution in [0.1, 0.15) is 21.6 Å². The first kappa shape index (κ1) is 18.2. The van der Waals surface area contributed by atoms with Crippen molar-refractivity contribution in [1.82, 2.24) is 5.32 Å². The molecule has 3 aromatic rings. The Bertz CT molecular complexity index is 1060. The second-order valence-electron chi connectivity index (χ2n) is 6.04. The molecule has 0 bridgehead atoms. The summed E-state index contributed by atoms with van der Waals surface area (Å²) in [7, 11) is -3.90. The number of ether oxygens (including phenoxy) is 2. The number of sulfone groups is 1. The van der Waals surface area contributed by atoms with Gasteiger partial charge >= 0.3 is 0 Å². The molecule has 1 N–H and O–H groups in total. The largest absolute Gasteiger partial charge is 0.486 e. The maximum atomic E-state index is 13.3. The first-order valence-electron chi connectivity index (χ1n) is 8.54. The van der Waals surface area contributed by atoms with Gasteiger partial charge in [0.15, 0.2) is 27.1 Å². The first-order valence-corrected chi connectivity index (χ1v) is 10.1. The van der Waals surface area contributed by atoms with Crippen molar-refractivity contribution in [2.75, 3.05) is 19.8 Å². The Labute approximate surface area is 161 Å². The standard InChI is InChI=1S/C19H17NO7S/c21-19(16-4-2-8-25-16)20-12-18(15-3-1-7-24-15)28(22,23)13-5-6-14-17(11-13)27-10-9-26-14/h1-8,11,18H,9-10,12H2,(H,20,21)/t18-/m0/s1. The molecule has 4 rings (SSSR count). The molecule has 0 unspecified atom stereocenters. The number of amides is 1. The van der Waals surface area contributed by atoms with Crippen molar-refractivity contribution in [2.24, 2.45) is 0 Å². The van der Waals surface area contributed by atoms with Gasteiger partial charge in [-0.15, -0.1) is 0 Å². The van der Waals surface area contributed by atoms with Crippen LogP contribution in [-0.4, -0.2) is 34.1 Å². The molecule has 0 aliphatic carbocycles. The van der Waals surface area contributed by atoms with Crippen molar-refractivity contribution in [3.05, 3.63) is 66.5 Å². The Morgan fingerprint density at radius 1 is 1.00 bits per heavy atom. The number of fused-ring (bicyclic) bond motifs is 1. The molecule has 1 aliphatic heterocycles. The van der Waals surface area contributed by atoms with Crippen molar-refractivity contribution in [3.63, 3.8) is 0 Å². The van der Waals surface area contributed by atoms with E-state index in [0.717, 1.165) is 0 Å². The molecular weight excluding hydrogens is 386 g/mol. The highest BCUT2D eigenvalue weighted by Gasteiger charge is 2.33. The predicted molar refractivity (Wildman–Crippen MR) is 97.1 cm³/mol. The van der Waals surface area contributed by atoms with Crippen LogP contribution < -0.4 is 14.8 Å². The van der Waals surface area contributed by atoms with Crippen LogP contribution in [0.15, 0.2) is 68.7 Å². The first-order chi connectivity index (χ1) is 13.6. The highest BCUT2D eigenvalue weighted by Crippen LogP contribution is 2.36. The molecule has 0 spiro atoms. The number of carbonyl (C=O) groups is 1. The molecule has 8 nitrogen and oxygen atoms in total. The van der Waals surface area contributed by atoms with E-state index in [4.69, 9.17) is 18.3 Å². The van der Waals surface area contributed by atoms with Gasteiger partial charge in [0.1, 0.15) is 24.2 Å². The maximum Gasteiger partial charge on any atom is 0.287 e. The molecule has 9 heteroatoms. The predicted octanol–water partition coefficient (Wildman–Crippen LogP) is 2.59. The van der Waals surface area contributed by atoms with Crippen LogP contribution in [0.25, 0.3) is 0 Å². The van der Waals surface area contributed by atoms with Crippen LogP contribution in [0, 0.1) is 0 Å². The highest BCUT2D eigenvalue weighted by molar-refractivity contribution is 7.91. The molecule has 1 atom stereocenters. The Morgan fingerprint density at radius 2 is 1.75 bits per heavy atom. The molecule has 2 aromatic heterocycles. The number of carbonyl (C=O) groups excluding carboxylic acids is 1. The van der Waals surface area contributed by atoms with Gasteiger partial charge in [0.05, 0.1) is 17.4 Å².